The fourth-order valence-corrected chi connectivity index (χ4v) is 3.80. The molecule has 0 aliphatic heterocycles. The molecule has 4 aromatic rings. The van der Waals surface area contributed by atoms with E-state index in [1.807, 2.05) is 30.3 Å². The van der Waals surface area contributed by atoms with Crippen molar-refractivity contribution in [1.29, 1.82) is 0 Å². The van der Waals surface area contributed by atoms with Crippen molar-refractivity contribution < 1.29 is 14.3 Å². The highest BCUT2D eigenvalue weighted by Crippen LogP contribution is 2.24. The van der Waals surface area contributed by atoms with Gasteiger partial charge in [-0.3, -0.25) is 9.59 Å². The largest absolute Gasteiger partial charge is 0.497 e. The van der Waals surface area contributed by atoms with E-state index >= 15 is 0 Å². The first-order chi connectivity index (χ1) is 16.5. The minimum absolute atomic E-state index is 0.0343. The number of aromatic nitrogens is 3. The predicted octanol–water partition coefficient (Wildman–Crippen LogP) is 3.65. The van der Waals surface area contributed by atoms with Crippen LogP contribution in [-0.2, 0) is 4.79 Å². The number of hydrogen-bond donors (Lipinski definition) is 3. The number of para-hydroxylation sites is 2. The van der Waals surface area contributed by atoms with Gasteiger partial charge in [0.15, 0.2) is 5.82 Å². The lowest BCUT2D eigenvalue weighted by molar-refractivity contribution is -0.113. The molecule has 0 fully saturated rings. The van der Waals surface area contributed by atoms with E-state index in [0.29, 0.717) is 27.9 Å². The number of nitrogens with one attached hydrogen (secondary N) is 2. The molecular formula is C24H22N6O3S. The van der Waals surface area contributed by atoms with E-state index < -0.39 is 0 Å². The van der Waals surface area contributed by atoms with Crippen LogP contribution in [0.2, 0.25) is 0 Å². The van der Waals surface area contributed by atoms with Gasteiger partial charge in [0, 0.05) is 11.3 Å². The lowest BCUT2D eigenvalue weighted by atomic mass is 10.1. The summed E-state index contributed by atoms with van der Waals surface area (Å²) in [5.41, 5.74) is 2.20. The molecular weight excluding hydrogens is 452 g/mol. The maximum absolute atomic E-state index is 12.7. The number of nitrogen functional groups attached to an aromatic ring is 1. The molecule has 0 unspecified atom stereocenters. The van der Waals surface area contributed by atoms with Crippen LogP contribution in [0.15, 0.2) is 84.0 Å². The maximum Gasteiger partial charge on any atom is 0.257 e. The minimum atomic E-state index is -0.319. The molecule has 0 radical (unpaired) electrons. The first-order valence-corrected chi connectivity index (χ1v) is 11.3. The van der Waals surface area contributed by atoms with Crippen LogP contribution in [-0.4, -0.2) is 39.6 Å². The van der Waals surface area contributed by atoms with E-state index in [9.17, 15) is 9.59 Å². The van der Waals surface area contributed by atoms with E-state index in [1.165, 1.54) is 4.68 Å². The third-order valence-electron chi connectivity index (χ3n) is 4.82. The smallest absolute Gasteiger partial charge is 0.257 e. The van der Waals surface area contributed by atoms with E-state index in [0.717, 1.165) is 23.1 Å². The molecule has 0 bridgehead atoms. The molecule has 0 atom stereocenters. The molecule has 2 amide bonds. The summed E-state index contributed by atoms with van der Waals surface area (Å²) in [7, 11) is 1.59. The van der Waals surface area contributed by atoms with Crippen LogP contribution < -0.4 is 21.2 Å². The number of ether oxygens (including phenoxy) is 1. The molecule has 172 valence electrons. The van der Waals surface area contributed by atoms with Gasteiger partial charge in [-0.25, -0.2) is 4.68 Å². The molecule has 0 saturated carbocycles. The second kappa shape index (κ2) is 10.5. The Kier molecular flexibility index (Phi) is 7.09. The fraction of sp³-hybridized carbons (Fsp3) is 0.0833. The highest BCUT2D eigenvalue weighted by atomic mass is 32.2. The number of carbonyl (C=O) groups excluding carboxylic acids is 2. The zero-order valence-electron chi connectivity index (χ0n) is 18.3. The van der Waals surface area contributed by atoms with Crippen LogP contribution in [0.1, 0.15) is 10.4 Å². The summed E-state index contributed by atoms with van der Waals surface area (Å²) in [5.74, 6) is 6.73. The Balaban J connectivity index is 1.39. The van der Waals surface area contributed by atoms with Crippen LogP contribution >= 0.6 is 11.8 Å². The summed E-state index contributed by atoms with van der Waals surface area (Å²) >= 11 is 1.14. The standard InChI is InChI=1S/C24H22N6O3S/c1-33-18-13-11-16(12-14-18)22-28-29-24(30(22)25)34-15-21(31)27-20-10-6-5-9-19(20)23(32)26-17-7-3-2-4-8-17/h2-14H,15,25H2,1H3,(H,26,32)(H,27,31). The third kappa shape index (κ3) is 5.36. The van der Waals surface area contributed by atoms with Crippen molar-refractivity contribution in [1.82, 2.24) is 14.9 Å². The van der Waals surface area contributed by atoms with Crippen molar-refractivity contribution in [3.63, 3.8) is 0 Å². The SMILES string of the molecule is COc1ccc(-c2nnc(SCC(=O)Nc3ccccc3C(=O)Nc3ccccc3)n2N)cc1. The maximum atomic E-state index is 12.7. The van der Waals surface area contributed by atoms with E-state index in [2.05, 4.69) is 20.8 Å². The van der Waals surface area contributed by atoms with Crippen LogP contribution in [0.3, 0.4) is 0 Å². The molecule has 4 rings (SSSR count). The van der Waals surface area contributed by atoms with E-state index in [1.54, 1.807) is 55.6 Å². The highest BCUT2D eigenvalue weighted by molar-refractivity contribution is 7.99. The number of methoxy groups -OCH3 is 1. The van der Waals surface area contributed by atoms with Crippen molar-refractivity contribution in [3.05, 3.63) is 84.4 Å². The Morgan fingerprint density at radius 1 is 0.941 bits per heavy atom. The van der Waals surface area contributed by atoms with Gasteiger partial charge in [0.1, 0.15) is 5.75 Å². The molecule has 1 heterocycles. The van der Waals surface area contributed by atoms with Crippen molar-refractivity contribution in [2.24, 2.45) is 0 Å². The van der Waals surface area contributed by atoms with Crippen LogP contribution in [0, 0.1) is 0 Å². The minimum Gasteiger partial charge on any atom is -0.497 e. The van der Waals surface area contributed by atoms with Gasteiger partial charge in [-0.2, -0.15) is 0 Å². The average Bonchev–Trinajstić information content (AvgIpc) is 3.23. The Morgan fingerprint density at radius 3 is 2.38 bits per heavy atom. The van der Waals surface area contributed by atoms with Crippen LogP contribution in [0.4, 0.5) is 11.4 Å². The van der Waals surface area contributed by atoms with Crippen molar-refractivity contribution >= 4 is 35.0 Å². The van der Waals surface area contributed by atoms with Gasteiger partial charge in [0.05, 0.1) is 24.1 Å². The topological polar surface area (TPSA) is 124 Å². The van der Waals surface area contributed by atoms with Crippen molar-refractivity contribution in [2.45, 2.75) is 5.16 Å². The zero-order valence-corrected chi connectivity index (χ0v) is 19.1. The number of nitrogens with zero attached hydrogens (tertiary/aromatic N) is 3. The molecule has 0 saturated heterocycles. The van der Waals surface area contributed by atoms with Gasteiger partial charge in [-0.1, -0.05) is 42.1 Å². The second-order valence-electron chi connectivity index (χ2n) is 7.11. The molecule has 0 spiro atoms. The molecule has 3 aromatic carbocycles. The first kappa shape index (κ1) is 22.9. The van der Waals surface area contributed by atoms with Gasteiger partial charge in [-0.15, -0.1) is 10.2 Å². The van der Waals surface area contributed by atoms with Crippen LogP contribution in [0.25, 0.3) is 11.4 Å². The Hall–Kier alpha value is -4.31. The number of carbonyl (C=O) groups is 2. The quantitative estimate of drug-likeness (QED) is 0.263. The Morgan fingerprint density at radius 2 is 1.65 bits per heavy atom. The van der Waals surface area contributed by atoms with Crippen molar-refractivity contribution in [2.75, 3.05) is 29.3 Å². The number of rotatable bonds is 8. The Bertz CT molecular complexity index is 1290. The molecule has 1 aromatic heterocycles. The van der Waals surface area contributed by atoms with Gasteiger partial charge < -0.3 is 21.2 Å². The number of hydrogen-bond acceptors (Lipinski definition) is 7. The van der Waals surface area contributed by atoms with Gasteiger partial charge in [0.2, 0.25) is 11.1 Å². The third-order valence-corrected chi connectivity index (χ3v) is 5.77. The number of amides is 2. The molecule has 0 aliphatic rings. The van der Waals surface area contributed by atoms with E-state index in [4.69, 9.17) is 10.6 Å². The normalized spacial score (nSPS) is 10.5. The summed E-state index contributed by atoms with van der Waals surface area (Å²) in [6, 6.07) is 23.2. The average molecular weight is 475 g/mol. The molecule has 10 heteroatoms. The lowest BCUT2D eigenvalue weighted by Gasteiger charge is -2.11. The van der Waals surface area contributed by atoms with Crippen LogP contribution in [0.5, 0.6) is 5.75 Å². The number of anilines is 2. The second-order valence-corrected chi connectivity index (χ2v) is 8.05. The van der Waals surface area contributed by atoms with Crippen molar-refractivity contribution in [3.8, 4) is 17.1 Å². The zero-order chi connectivity index (χ0) is 23.9. The van der Waals surface area contributed by atoms with Gasteiger partial charge in [0.25, 0.3) is 5.91 Å². The summed E-state index contributed by atoms with van der Waals surface area (Å²) in [6.07, 6.45) is 0. The number of thioether (sulfide) groups is 1. The summed E-state index contributed by atoms with van der Waals surface area (Å²) < 4.78 is 6.49. The first-order valence-electron chi connectivity index (χ1n) is 10.3. The predicted molar refractivity (Wildman–Crippen MR) is 132 cm³/mol. The Labute approximate surface area is 200 Å². The molecule has 34 heavy (non-hydrogen) atoms. The molecule has 0 aliphatic carbocycles. The van der Waals surface area contributed by atoms with E-state index in [-0.39, 0.29) is 17.6 Å². The summed E-state index contributed by atoms with van der Waals surface area (Å²) in [4.78, 5) is 25.3. The van der Waals surface area contributed by atoms with Gasteiger partial charge in [-0.05, 0) is 48.5 Å². The summed E-state index contributed by atoms with van der Waals surface area (Å²) in [5, 5.41) is 14.2. The fourth-order valence-electron chi connectivity index (χ4n) is 3.14. The number of benzene rings is 3. The van der Waals surface area contributed by atoms with Gasteiger partial charge >= 0.3 is 0 Å². The monoisotopic (exact) mass is 474 g/mol. The highest BCUT2D eigenvalue weighted by Gasteiger charge is 2.16. The summed E-state index contributed by atoms with van der Waals surface area (Å²) in [6.45, 7) is 0. The molecule has 9 nitrogen and oxygen atoms in total. The number of nitrogens with two attached hydrogens (primary N) is 1. The molecule has 4 N–H and O–H groups in total. The lowest BCUT2D eigenvalue weighted by Crippen LogP contribution is -2.20.